The SMILES string of the molecule is CCn1c(SCC(=O)Nc2cc(C)cc(C)c2)nc2c1c(=O)n(C)c(=O)n2C. The molecule has 0 fully saturated rings. The third kappa shape index (κ3) is 3.62. The molecular formula is C19H23N5O3S. The molecule has 0 aliphatic rings. The zero-order chi connectivity index (χ0) is 20.6. The van der Waals surface area contributed by atoms with Gasteiger partial charge in [0.05, 0.1) is 5.75 Å². The fourth-order valence-corrected chi connectivity index (χ4v) is 4.06. The van der Waals surface area contributed by atoms with Crippen molar-refractivity contribution in [1.29, 1.82) is 0 Å². The van der Waals surface area contributed by atoms with Gasteiger partial charge in [0.2, 0.25) is 5.91 Å². The highest BCUT2D eigenvalue weighted by molar-refractivity contribution is 7.99. The van der Waals surface area contributed by atoms with E-state index in [-0.39, 0.29) is 17.2 Å². The molecule has 3 aromatic rings. The molecule has 1 aromatic carbocycles. The molecule has 3 rings (SSSR count). The minimum Gasteiger partial charge on any atom is -0.325 e. The first-order chi connectivity index (χ1) is 13.2. The number of nitrogens with zero attached hydrogens (tertiary/aromatic N) is 4. The van der Waals surface area contributed by atoms with Gasteiger partial charge in [-0.2, -0.15) is 0 Å². The number of nitrogens with one attached hydrogen (secondary N) is 1. The first-order valence-electron chi connectivity index (χ1n) is 8.90. The third-order valence-corrected chi connectivity index (χ3v) is 5.44. The number of aryl methyl sites for hydroxylation is 4. The van der Waals surface area contributed by atoms with E-state index < -0.39 is 5.69 Å². The molecule has 2 aromatic heterocycles. The number of amides is 1. The van der Waals surface area contributed by atoms with Crippen LogP contribution in [-0.4, -0.2) is 30.3 Å². The Morgan fingerprint density at radius 1 is 1.11 bits per heavy atom. The minimum atomic E-state index is -0.428. The summed E-state index contributed by atoms with van der Waals surface area (Å²) in [7, 11) is 3.03. The standard InChI is InChI=1S/C19H23N5O3S/c1-6-24-15-16(22(4)19(27)23(5)17(15)26)21-18(24)28-10-14(25)20-13-8-11(2)7-12(3)9-13/h7-9H,6,10H2,1-5H3,(H,20,25). The molecule has 0 atom stereocenters. The molecule has 9 heteroatoms. The van der Waals surface area contributed by atoms with Crippen molar-refractivity contribution < 1.29 is 4.79 Å². The first kappa shape index (κ1) is 19.9. The highest BCUT2D eigenvalue weighted by atomic mass is 32.2. The quantitative estimate of drug-likeness (QED) is 0.659. The molecule has 0 saturated carbocycles. The van der Waals surface area contributed by atoms with Gasteiger partial charge in [-0.3, -0.25) is 18.7 Å². The van der Waals surface area contributed by atoms with Crippen LogP contribution in [0.1, 0.15) is 18.1 Å². The van der Waals surface area contributed by atoms with Gasteiger partial charge in [-0.1, -0.05) is 17.8 Å². The molecule has 28 heavy (non-hydrogen) atoms. The molecule has 1 amide bonds. The lowest BCUT2D eigenvalue weighted by Gasteiger charge is -2.08. The number of aromatic nitrogens is 4. The Bertz CT molecular complexity index is 1170. The maximum absolute atomic E-state index is 12.5. The second kappa shape index (κ2) is 7.67. The summed E-state index contributed by atoms with van der Waals surface area (Å²) in [4.78, 5) is 41.5. The lowest BCUT2D eigenvalue weighted by molar-refractivity contribution is -0.113. The molecular weight excluding hydrogens is 378 g/mol. The predicted octanol–water partition coefficient (Wildman–Crippen LogP) is 1.80. The second-order valence-corrected chi connectivity index (χ2v) is 7.67. The summed E-state index contributed by atoms with van der Waals surface area (Å²) >= 11 is 1.24. The Morgan fingerprint density at radius 3 is 2.36 bits per heavy atom. The maximum Gasteiger partial charge on any atom is 0.332 e. The van der Waals surface area contributed by atoms with Gasteiger partial charge in [-0.25, -0.2) is 9.78 Å². The van der Waals surface area contributed by atoms with Gasteiger partial charge in [0.25, 0.3) is 5.56 Å². The van der Waals surface area contributed by atoms with E-state index in [0.717, 1.165) is 21.4 Å². The predicted molar refractivity (Wildman–Crippen MR) is 111 cm³/mol. The van der Waals surface area contributed by atoms with E-state index in [4.69, 9.17) is 0 Å². The van der Waals surface area contributed by atoms with Crippen LogP contribution in [0.5, 0.6) is 0 Å². The van der Waals surface area contributed by atoms with Crippen molar-refractivity contribution in [3.05, 3.63) is 50.2 Å². The number of carbonyl (C=O) groups excluding carboxylic acids is 1. The summed E-state index contributed by atoms with van der Waals surface area (Å²) in [6.45, 7) is 6.36. The highest BCUT2D eigenvalue weighted by Crippen LogP contribution is 2.22. The molecule has 0 saturated heterocycles. The largest absolute Gasteiger partial charge is 0.332 e. The van der Waals surface area contributed by atoms with Gasteiger partial charge in [0.15, 0.2) is 16.3 Å². The van der Waals surface area contributed by atoms with Crippen molar-refractivity contribution in [2.45, 2.75) is 32.5 Å². The zero-order valence-corrected chi connectivity index (χ0v) is 17.4. The molecule has 0 radical (unpaired) electrons. The van der Waals surface area contributed by atoms with Crippen molar-refractivity contribution in [2.75, 3.05) is 11.1 Å². The van der Waals surface area contributed by atoms with Crippen LogP contribution in [0.2, 0.25) is 0 Å². The first-order valence-corrected chi connectivity index (χ1v) is 9.88. The van der Waals surface area contributed by atoms with Crippen molar-refractivity contribution in [1.82, 2.24) is 18.7 Å². The number of imidazole rings is 1. The fraction of sp³-hybridized carbons (Fsp3) is 0.368. The molecule has 0 spiro atoms. The molecule has 0 unspecified atom stereocenters. The molecule has 0 aliphatic heterocycles. The van der Waals surface area contributed by atoms with Gasteiger partial charge in [0.1, 0.15) is 0 Å². The summed E-state index contributed by atoms with van der Waals surface area (Å²) in [6.07, 6.45) is 0. The van der Waals surface area contributed by atoms with Crippen LogP contribution in [0.25, 0.3) is 11.2 Å². The Balaban J connectivity index is 1.87. The van der Waals surface area contributed by atoms with Crippen LogP contribution in [0.3, 0.4) is 0 Å². The highest BCUT2D eigenvalue weighted by Gasteiger charge is 2.19. The van der Waals surface area contributed by atoms with Crippen LogP contribution in [0.4, 0.5) is 5.69 Å². The summed E-state index contributed by atoms with van der Waals surface area (Å²) in [6, 6.07) is 5.87. The zero-order valence-electron chi connectivity index (χ0n) is 16.6. The number of rotatable bonds is 5. The number of thioether (sulfide) groups is 1. The minimum absolute atomic E-state index is 0.143. The number of carbonyl (C=O) groups is 1. The second-order valence-electron chi connectivity index (χ2n) is 6.73. The fourth-order valence-electron chi connectivity index (χ4n) is 3.20. The summed E-state index contributed by atoms with van der Waals surface area (Å²) in [5.41, 5.74) is 2.78. The van der Waals surface area contributed by atoms with E-state index in [2.05, 4.69) is 10.3 Å². The Labute approximate surface area is 166 Å². The van der Waals surface area contributed by atoms with Crippen LogP contribution >= 0.6 is 11.8 Å². The number of benzene rings is 1. The van der Waals surface area contributed by atoms with E-state index in [9.17, 15) is 14.4 Å². The number of fused-ring (bicyclic) bond motifs is 1. The number of hydrogen-bond acceptors (Lipinski definition) is 5. The van der Waals surface area contributed by atoms with Gasteiger partial charge in [-0.15, -0.1) is 0 Å². The average Bonchev–Trinajstić information content (AvgIpc) is 3.00. The van der Waals surface area contributed by atoms with Gasteiger partial charge in [0, 0.05) is 26.3 Å². The normalized spacial score (nSPS) is 11.2. The van der Waals surface area contributed by atoms with E-state index in [0.29, 0.717) is 22.9 Å². The molecule has 0 bridgehead atoms. The van der Waals surface area contributed by atoms with Crippen molar-refractivity contribution in [3.8, 4) is 0 Å². The van der Waals surface area contributed by atoms with E-state index in [1.54, 1.807) is 11.6 Å². The van der Waals surface area contributed by atoms with Crippen LogP contribution in [-0.2, 0) is 25.4 Å². The van der Waals surface area contributed by atoms with Crippen molar-refractivity contribution >= 4 is 34.5 Å². The lowest BCUT2D eigenvalue weighted by Crippen LogP contribution is -2.37. The summed E-state index contributed by atoms with van der Waals surface area (Å²) in [5.74, 6) is -0.0172. The van der Waals surface area contributed by atoms with Crippen LogP contribution in [0.15, 0.2) is 32.9 Å². The summed E-state index contributed by atoms with van der Waals surface area (Å²) in [5, 5.41) is 3.42. The maximum atomic E-state index is 12.5. The van der Waals surface area contributed by atoms with Gasteiger partial charge >= 0.3 is 5.69 Å². The number of anilines is 1. The van der Waals surface area contributed by atoms with E-state index in [1.807, 2.05) is 39.0 Å². The topological polar surface area (TPSA) is 90.9 Å². The van der Waals surface area contributed by atoms with Crippen molar-refractivity contribution in [2.24, 2.45) is 14.1 Å². The average molecular weight is 401 g/mol. The molecule has 8 nitrogen and oxygen atoms in total. The van der Waals surface area contributed by atoms with E-state index >= 15 is 0 Å². The molecule has 0 aliphatic carbocycles. The van der Waals surface area contributed by atoms with Crippen molar-refractivity contribution in [3.63, 3.8) is 0 Å². The molecule has 2 heterocycles. The molecule has 148 valence electrons. The Hall–Kier alpha value is -2.81. The van der Waals surface area contributed by atoms with Gasteiger partial charge in [-0.05, 0) is 44.0 Å². The Morgan fingerprint density at radius 2 is 1.75 bits per heavy atom. The number of hydrogen-bond donors (Lipinski definition) is 1. The summed E-state index contributed by atoms with van der Waals surface area (Å²) < 4.78 is 4.16. The molecule has 1 N–H and O–H groups in total. The monoisotopic (exact) mass is 401 g/mol. The smallest absolute Gasteiger partial charge is 0.325 e. The van der Waals surface area contributed by atoms with Crippen LogP contribution in [0, 0.1) is 13.8 Å². The van der Waals surface area contributed by atoms with Gasteiger partial charge < -0.3 is 9.88 Å². The lowest BCUT2D eigenvalue weighted by atomic mass is 10.1. The van der Waals surface area contributed by atoms with E-state index in [1.165, 1.54) is 23.4 Å². The third-order valence-electron chi connectivity index (χ3n) is 4.47. The van der Waals surface area contributed by atoms with Crippen LogP contribution < -0.4 is 16.6 Å². The Kier molecular flexibility index (Phi) is 5.46.